The van der Waals surface area contributed by atoms with Crippen molar-refractivity contribution in [2.24, 2.45) is 0 Å². The van der Waals surface area contributed by atoms with E-state index in [4.69, 9.17) is 15.6 Å². The quantitative estimate of drug-likeness (QED) is 0.816. The Bertz CT molecular complexity index is 413. The minimum absolute atomic E-state index is 0.0680. The molecular formula is C11H16F3N3O2. The first kappa shape index (κ1) is 15.5. The summed E-state index contributed by atoms with van der Waals surface area (Å²) in [4.78, 5) is 5.34. The molecule has 0 amide bonds. The van der Waals surface area contributed by atoms with E-state index >= 15 is 0 Å². The van der Waals surface area contributed by atoms with E-state index in [1.807, 2.05) is 0 Å². The van der Waals surface area contributed by atoms with Gasteiger partial charge >= 0.3 is 6.18 Å². The Morgan fingerprint density at radius 2 is 2.05 bits per heavy atom. The fourth-order valence-corrected chi connectivity index (χ4v) is 1.53. The number of rotatable bonds is 6. The lowest BCUT2D eigenvalue weighted by Gasteiger charge is -2.23. The molecule has 0 aliphatic heterocycles. The van der Waals surface area contributed by atoms with Gasteiger partial charge < -0.3 is 20.5 Å². The van der Waals surface area contributed by atoms with E-state index in [0.717, 1.165) is 12.1 Å². The highest BCUT2D eigenvalue weighted by molar-refractivity contribution is 5.49. The minimum atomic E-state index is -4.49. The first-order valence-corrected chi connectivity index (χ1v) is 5.58. The molecule has 3 N–H and O–H groups in total. The molecule has 1 aromatic rings. The number of hydrogen-bond acceptors (Lipinski definition) is 5. The summed E-state index contributed by atoms with van der Waals surface area (Å²) < 4.78 is 42.9. The number of nitrogens with zero attached hydrogens (tertiary/aromatic N) is 2. The van der Waals surface area contributed by atoms with Crippen molar-refractivity contribution in [1.29, 1.82) is 0 Å². The van der Waals surface area contributed by atoms with Crippen molar-refractivity contribution in [3.8, 4) is 0 Å². The lowest BCUT2D eigenvalue weighted by molar-refractivity contribution is -0.137. The Morgan fingerprint density at radius 1 is 1.37 bits per heavy atom. The van der Waals surface area contributed by atoms with E-state index in [-0.39, 0.29) is 24.8 Å². The van der Waals surface area contributed by atoms with Gasteiger partial charge in [-0.2, -0.15) is 13.2 Å². The summed E-state index contributed by atoms with van der Waals surface area (Å²) in [6.07, 6.45) is -4.49. The molecule has 0 unspecified atom stereocenters. The molecular weight excluding hydrogens is 263 g/mol. The highest BCUT2D eigenvalue weighted by Gasteiger charge is 2.32. The van der Waals surface area contributed by atoms with Crippen molar-refractivity contribution in [3.63, 3.8) is 0 Å². The van der Waals surface area contributed by atoms with Crippen molar-refractivity contribution in [1.82, 2.24) is 4.98 Å². The van der Waals surface area contributed by atoms with Gasteiger partial charge in [0, 0.05) is 20.2 Å². The molecule has 0 saturated carbocycles. The highest BCUT2D eigenvalue weighted by Crippen LogP contribution is 2.32. The fourth-order valence-electron chi connectivity index (χ4n) is 1.53. The number of halogens is 3. The summed E-state index contributed by atoms with van der Waals surface area (Å²) in [5, 5.41) is 8.93. The van der Waals surface area contributed by atoms with Crippen LogP contribution in [0.4, 0.5) is 24.8 Å². The number of anilines is 2. The van der Waals surface area contributed by atoms with Gasteiger partial charge in [-0.15, -0.1) is 0 Å². The number of aliphatic hydroxyl groups excluding tert-OH is 1. The van der Waals surface area contributed by atoms with E-state index in [9.17, 15) is 13.2 Å². The molecule has 1 rings (SSSR count). The third-order valence-corrected chi connectivity index (χ3v) is 2.42. The summed E-state index contributed by atoms with van der Waals surface area (Å²) >= 11 is 0. The Labute approximate surface area is 108 Å². The van der Waals surface area contributed by atoms with Crippen LogP contribution in [0.3, 0.4) is 0 Å². The van der Waals surface area contributed by atoms with Crippen LogP contribution >= 0.6 is 0 Å². The minimum Gasteiger partial charge on any atom is -0.395 e. The molecule has 1 aromatic heterocycles. The third kappa shape index (κ3) is 4.56. The second-order valence-electron chi connectivity index (χ2n) is 3.84. The molecule has 0 atom stereocenters. The van der Waals surface area contributed by atoms with Crippen molar-refractivity contribution < 1.29 is 23.0 Å². The van der Waals surface area contributed by atoms with Gasteiger partial charge in [-0.3, -0.25) is 0 Å². The molecule has 8 heteroatoms. The summed E-state index contributed by atoms with van der Waals surface area (Å²) in [6.45, 7) is 0.557. The predicted octanol–water partition coefficient (Wildman–Crippen LogP) is 1.13. The molecule has 0 spiro atoms. The zero-order chi connectivity index (χ0) is 14.5. The van der Waals surface area contributed by atoms with E-state index in [2.05, 4.69) is 4.98 Å². The van der Waals surface area contributed by atoms with E-state index < -0.39 is 11.7 Å². The van der Waals surface area contributed by atoms with Crippen LogP contribution in [-0.2, 0) is 10.9 Å². The summed E-state index contributed by atoms with van der Waals surface area (Å²) in [5.74, 6) is -0.149. The number of alkyl halides is 3. The number of hydrogen-bond donors (Lipinski definition) is 2. The monoisotopic (exact) mass is 279 g/mol. The van der Waals surface area contributed by atoms with Crippen LogP contribution in [0.1, 0.15) is 5.56 Å². The van der Waals surface area contributed by atoms with Crippen LogP contribution in [0.2, 0.25) is 0 Å². The molecule has 0 fully saturated rings. The predicted molar refractivity (Wildman–Crippen MR) is 64.8 cm³/mol. The number of aromatic nitrogens is 1. The lowest BCUT2D eigenvalue weighted by Crippen LogP contribution is -2.31. The number of pyridine rings is 1. The SMILES string of the molecule is COCCN(CCO)c1cc(C(F)(F)F)cc(N)n1. The smallest absolute Gasteiger partial charge is 0.395 e. The van der Waals surface area contributed by atoms with Gasteiger partial charge in [-0.05, 0) is 12.1 Å². The zero-order valence-electron chi connectivity index (χ0n) is 10.4. The van der Waals surface area contributed by atoms with E-state index in [1.54, 1.807) is 0 Å². The fraction of sp³-hybridized carbons (Fsp3) is 0.545. The normalized spacial score (nSPS) is 11.6. The number of ether oxygens (including phenoxy) is 1. The van der Waals surface area contributed by atoms with Crippen LogP contribution in [-0.4, -0.2) is 43.5 Å². The van der Waals surface area contributed by atoms with E-state index in [0.29, 0.717) is 13.2 Å². The van der Waals surface area contributed by atoms with E-state index in [1.165, 1.54) is 12.0 Å². The van der Waals surface area contributed by atoms with Gasteiger partial charge in [0.05, 0.1) is 18.8 Å². The Balaban J connectivity index is 3.05. The number of nitrogen functional groups attached to an aromatic ring is 1. The zero-order valence-corrected chi connectivity index (χ0v) is 10.4. The molecule has 1 heterocycles. The van der Waals surface area contributed by atoms with Gasteiger partial charge in [-0.1, -0.05) is 0 Å². The average molecular weight is 279 g/mol. The Hall–Kier alpha value is -1.54. The first-order chi connectivity index (χ1) is 8.88. The van der Waals surface area contributed by atoms with Crippen molar-refractivity contribution in [3.05, 3.63) is 17.7 Å². The summed E-state index contributed by atoms with van der Waals surface area (Å²) in [6, 6.07) is 1.68. The van der Waals surface area contributed by atoms with Crippen molar-refractivity contribution in [2.75, 3.05) is 44.0 Å². The molecule has 0 saturated heterocycles. The van der Waals surface area contributed by atoms with Crippen LogP contribution in [0.5, 0.6) is 0 Å². The largest absolute Gasteiger partial charge is 0.416 e. The average Bonchev–Trinajstić information content (AvgIpc) is 2.32. The molecule has 0 radical (unpaired) electrons. The highest BCUT2D eigenvalue weighted by atomic mass is 19.4. The molecule has 19 heavy (non-hydrogen) atoms. The third-order valence-electron chi connectivity index (χ3n) is 2.42. The topological polar surface area (TPSA) is 71.6 Å². The van der Waals surface area contributed by atoms with Crippen LogP contribution in [0.15, 0.2) is 12.1 Å². The van der Waals surface area contributed by atoms with Gasteiger partial charge in [0.15, 0.2) is 0 Å². The molecule has 0 bridgehead atoms. The second kappa shape index (κ2) is 6.58. The molecule has 0 aromatic carbocycles. The van der Waals surface area contributed by atoms with Crippen LogP contribution in [0.25, 0.3) is 0 Å². The summed E-state index contributed by atoms with van der Waals surface area (Å²) in [5.41, 5.74) is 4.52. The Morgan fingerprint density at radius 3 is 2.58 bits per heavy atom. The van der Waals surface area contributed by atoms with Gasteiger partial charge in [0.1, 0.15) is 11.6 Å². The molecule has 0 aliphatic carbocycles. The number of aliphatic hydroxyl groups is 1. The lowest BCUT2D eigenvalue weighted by atomic mass is 10.2. The van der Waals surface area contributed by atoms with Crippen LogP contribution in [0, 0.1) is 0 Å². The second-order valence-corrected chi connectivity index (χ2v) is 3.84. The van der Waals surface area contributed by atoms with Gasteiger partial charge in [0.25, 0.3) is 0 Å². The standard InChI is InChI=1S/C11H16F3N3O2/c1-19-5-3-17(2-4-18)10-7-8(11(12,13)14)6-9(15)16-10/h6-7,18H,2-5H2,1H3,(H2,15,16). The van der Waals surface area contributed by atoms with Gasteiger partial charge in [0.2, 0.25) is 0 Å². The maximum Gasteiger partial charge on any atom is 0.416 e. The summed E-state index contributed by atoms with van der Waals surface area (Å²) in [7, 11) is 1.48. The first-order valence-electron chi connectivity index (χ1n) is 5.58. The number of methoxy groups -OCH3 is 1. The molecule has 0 aliphatic rings. The van der Waals surface area contributed by atoms with Crippen molar-refractivity contribution in [2.45, 2.75) is 6.18 Å². The number of nitrogens with two attached hydrogens (primary N) is 1. The van der Waals surface area contributed by atoms with Crippen molar-refractivity contribution >= 4 is 11.6 Å². The Kier molecular flexibility index (Phi) is 5.37. The maximum absolute atomic E-state index is 12.7. The van der Waals surface area contributed by atoms with Gasteiger partial charge in [-0.25, -0.2) is 4.98 Å². The molecule has 108 valence electrons. The van der Waals surface area contributed by atoms with Crippen LogP contribution < -0.4 is 10.6 Å². The maximum atomic E-state index is 12.7. The molecule has 5 nitrogen and oxygen atoms in total.